The molecule has 4 heteroatoms. The lowest BCUT2D eigenvalue weighted by atomic mass is 9.80. The third-order valence-electron chi connectivity index (χ3n) is 4.24. The summed E-state index contributed by atoms with van der Waals surface area (Å²) in [6, 6.07) is 7.59. The molecule has 3 N–H and O–H groups in total. The van der Waals surface area contributed by atoms with Crippen LogP contribution in [0.5, 0.6) is 5.75 Å². The normalized spacial score (nSPS) is 25.8. The minimum absolute atomic E-state index is 0.0283. The van der Waals surface area contributed by atoms with Crippen LogP contribution in [0.1, 0.15) is 44.6 Å². The van der Waals surface area contributed by atoms with Gasteiger partial charge in [0.1, 0.15) is 11.9 Å². The van der Waals surface area contributed by atoms with Gasteiger partial charge in [-0.2, -0.15) is 0 Å². The van der Waals surface area contributed by atoms with Gasteiger partial charge in [0.25, 0.3) is 0 Å². The second kappa shape index (κ2) is 7.78. The molecular weight excluding hydrogens is 266 g/mol. The van der Waals surface area contributed by atoms with Crippen LogP contribution >= 0.6 is 0 Å². The summed E-state index contributed by atoms with van der Waals surface area (Å²) in [6.45, 7) is 3.24. The highest BCUT2D eigenvalue weighted by Gasteiger charge is 2.36. The van der Waals surface area contributed by atoms with Crippen molar-refractivity contribution in [2.24, 2.45) is 0 Å². The first-order valence-corrected chi connectivity index (χ1v) is 7.94. The predicted molar refractivity (Wildman–Crippen MR) is 83.4 cm³/mol. The van der Waals surface area contributed by atoms with Crippen molar-refractivity contribution >= 4 is 0 Å². The van der Waals surface area contributed by atoms with E-state index in [1.165, 1.54) is 0 Å². The third kappa shape index (κ3) is 4.43. The molecule has 0 bridgehead atoms. The SMILES string of the molecule is CCCNC1(CO)CCCC(Oc2cccc(CO)c2)C1. The molecule has 4 nitrogen and oxygen atoms in total. The van der Waals surface area contributed by atoms with Crippen molar-refractivity contribution in [3.05, 3.63) is 29.8 Å². The second-order valence-corrected chi connectivity index (χ2v) is 6.01. The Morgan fingerprint density at radius 1 is 1.38 bits per heavy atom. The van der Waals surface area contributed by atoms with Crippen molar-refractivity contribution in [3.63, 3.8) is 0 Å². The first-order valence-electron chi connectivity index (χ1n) is 7.94. The molecule has 0 aliphatic heterocycles. The van der Waals surface area contributed by atoms with Gasteiger partial charge in [-0.15, -0.1) is 0 Å². The van der Waals surface area contributed by atoms with Crippen LogP contribution < -0.4 is 10.1 Å². The number of benzene rings is 1. The fourth-order valence-electron chi connectivity index (χ4n) is 3.07. The maximum Gasteiger partial charge on any atom is 0.120 e. The van der Waals surface area contributed by atoms with Crippen molar-refractivity contribution in [2.45, 2.75) is 57.3 Å². The summed E-state index contributed by atoms with van der Waals surface area (Å²) in [7, 11) is 0. The summed E-state index contributed by atoms with van der Waals surface area (Å²) in [4.78, 5) is 0. The number of rotatable bonds is 7. The number of aliphatic hydroxyl groups excluding tert-OH is 2. The van der Waals surface area contributed by atoms with Crippen LogP contribution in [-0.2, 0) is 6.61 Å². The molecule has 1 aromatic rings. The van der Waals surface area contributed by atoms with E-state index in [1.807, 2.05) is 24.3 Å². The van der Waals surface area contributed by atoms with Crippen molar-refractivity contribution in [1.29, 1.82) is 0 Å². The molecule has 0 radical (unpaired) electrons. The van der Waals surface area contributed by atoms with Crippen LogP contribution in [0.4, 0.5) is 0 Å². The van der Waals surface area contributed by atoms with Gasteiger partial charge < -0.3 is 20.3 Å². The zero-order chi connectivity index (χ0) is 15.1. The molecule has 1 aliphatic rings. The Morgan fingerprint density at radius 2 is 2.24 bits per heavy atom. The van der Waals surface area contributed by atoms with Crippen molar-refractivity contribution in [3.8, 4) is 5.75 Å². The van der Waals surface area contributed by atoms with Crippen LogP contribution in [0, 0.1) is 0 Å². The van der Waals surface area contributed by atoms with E-state index in [4.69, 9.17) is 4.74 Å². The van der Waals surface area contributed by atoms with Crippen molar-refractivity contribution in [1.82, 2.24) is 5.32 Å². The molecule has 2 atom stereocenters. The van der Waals surface area contributed by atoms with Crippen LogP contribution in [0.15, 0.2) is 24.3 Å². The zero-order valence-electron chi connectivity index (χ0n) is 12.8. The Labute approximate surface area is 127 Å². The van der Waals surface area contributed by atoms with Gasteiger partial charge in [-0.3, -0.25) is 0 Å². The largest absolute Gasteiger partial charge is 0.490 e. The van der Waals surface area contributed by atoms with Gasteiger partial charge in [0.05, 0.1) is 13.2 Å². The fourth-order valence-corrected chi connectivity index (χ4v) is 3.07. The first kappa shape index (κ1) is 16.3. The summed E-state index contributed by atoms with van der Waals surface area (Å²) in [5, 5.41) is 22.5. The van der Waals surface area contributed by atoms with Crippen LogP contribution in [0.25, 0.3) is 0 Å². The molecule has 1 fully saturated rings. The molecule has 2 unspecified atom stereocenters. The lowest BCUT2D eigenvalue weighted by Crippen LogP contribution is -2.53. The van der Waals surface area contributed by atoms with Gasteiger partial charge >= 0.3 is 0 Å². The van der Waals surface area contributed by atoms with E-state index in [-0.39, 0.29) is 24.9 Å². The molecule has 0 amide bonds. The Balaban J connectivity index is 1.99. The highest BCUT2D eigenvalue weighted by molar-refractivity contribution is 5.28. The number of nitrogens with one attached hydrogen (secondary N) is 1. The molecule has 1 aromatic carbocycles. The first-order chi connectivity index (χ1) is 10.2. The van der Waals surface area contributed by atoms with Gasteiger partial charge in [0, 0.05) is 12.0 Å². The van der Waals surface area contributed by atoms with Crippen molar-refractivity contribution < 1.29 is 14.9 Å². The lowest BCUT2D eigenvalue weighted by molar-refractivity contribution is 0.0510. The Morgan fingerprint density at radius 3 is 2.95 bits per heavy atom. The van der Waals surface area contributed by atoms with Gasteiger partial charge in [-0.05, 0) is 49.9 Å². The Hall–Kier alpha value is -1.10. The van der Waals surface area contributed by atoms with Crippen LogP contribution in [0.3, 0.4) is 0 Å². The summed E-state index contributed by atoms with van der Waals surface area (Å²) in [5.41, 5.74) is 0.661. The van der Waals surface area contributed by atoms with E-state index in [1.54, 1.807) is 0 Å². The standard InChI is InChI=1S/C17H27NO3/c1-2-9-18-17(13-20)8-4-7-16(11-17)21-15-6-3-5-14(10-15)12-19/h3,5-6,10,16,18-20H,2,4,7-9,11-13H2,1H3. The lowest BCUT2D eigenvalue weighted by Gasteiger charge is -2.40. The van der Waals surface area contributed by atoms with Crippen molar-refractivity contribution in [2.75, 3.05) is 13.2 Å². The van der Waals surface area contributed by atoms with Gasteiger partial charge in [-0.1, -0.05) is 19.1 Å². The molecule has 1 aliphatic carbocycles. The maximum atomic E-state index is 9.78. The fraction of sp³-hybridized carbons (Fsp3) is 0.647. The summed E-state index contributed by atoms with van der Waals surface area (Å²) in [5.74, 6) is 0.802. The van der Waals surface area contributed by atoms with E-state index in [0.717, 1.165) is 50.0 Å². The van der Waals surface area contributed by atoms with Gasteiger partial charge in [0.15, 0.2) is 0 Å². The summed E-state index contributed by atoms with van der Waals surface area (Å²) in [6.07, 6.45) is 5.07. The van der Waals surface area contributed by atoms with Gasteiger partial charge in [0.2, 0.25) is 0 Å². The number of aliphatic hydroxyl groups is 2. The summed E-state index contributed by atoms with van der Waals surface area (Å²) >= 11 is 0. The molecule has 21 heavy (non-hydrogen) atoms. The van der Waals surface area contributed by atoms with E-state index in [0.29, 0.717) is 0 Å². The molecule has 2 rings (SSSR count). The highest BCUT2D eigenvalue weighted by atomic mass is 16.5. The van der Waals surface area contributed by atoms with E-state index in [2.05, 4.69) is 12.2 Å². The molecule has 0 aromatic heterocycles. The Bertz CT molecular complexity index is 438. The van der Waals surface area contributed by atoms with E-state index >= 15 is 0 Å². The smallest absolute Gasteiger partial charge is 0.120 e. The van der Waals surface area contributed by atoms with Crippen LogP contribution in [-0.4, -0.2) is 35.0 Å². The highest BCUT2D eigenvalue weighted by Crippen LogP contribution is 2.31. The average molecular weight is 293 g/mol. The predicted octanol–water partition coefficient (Wildman–Crippen LogP) is 2.23. The third-order valence-corrected chi connectivity index (χ3v) is 4.24. The summed E-state index contributed by atoms with van der Waals surface area (Å²) < 4.78 is 6.07. The quantitative estimate of drug-likeness (QED) is 0.721. The second-order valence-electron chi connectivity index (χ2n) is 6.01. The number of hydrogen-bond acceptors (Lipinski definition) is 4. The molecule has 0 saturated heterocycles. The van der Waals surface area contributed by atoms with Gasteiger partial charge in [-0.25, -0.2) is 0 Å². The minimum atomic E-state index is -0.201. The molecule has 0 heterocycles. The zero-order valence-corrected chi connectivity index (χ0v) is 12.8. The number of ether oxygens (including phenoxy) is 1. The molecule has 0 spiro atoms. The number of hydrogen-bond donors (Lipinski definition) is 3. The monoisotopic (exact) mass is 293 g/mol. The Kier molecular flexibility index (Phi) is 6.03. The molecule has 118 valence electrons. The average Bonchev–Trinajstić information content (AvgIpc) is 2.53. The van der Waals surface area contributed by atoms with E-state index in [9.17, 15) is 10.2 Å². The minimum Gasteiger partial charge on any atom is -0.490 e. The topological polar surface area (TPSA) is 61.7 Å². The molecular formula is C17H27NO3. The van der Waals surface area contributed by atoms with E-state index < -0.39 is 0 Å². The van der Waals surface area contributed by atoms with Crippen LogP contribution in [0.2, 0.25) is 0 Å². The maximum absolute atomic E-state index is 9.78. The molecule has 1 saturated carbocycles.